The smallest absolute Gasteiger partial charge is 0.310 e. The maximum atomic E-state index is 12.9. The molecule has 30 heavy (non-hydrogen) atoms. The molecule has 0 saturated carbocycles. The molecule has 7 nitrogen and oxygen atoms in total. The Bertz CT molecular complexity index is 1060. The predicted molar refractivity (Wildman–Crippen MR) is 105 cm³/mol. The minimum absolute atomic E-state index is 0.143. The summed E-state index contributed by atoms with van der Waals surface area (Å²) in [6.45, 7) is 4.72. The third kappa shape index (κ3) is 3.60. The number of alkyl halides is 3. The highest BCUT2D eigenvalue weighted by molar-refractivity contribution is 6.05. The third-order valence-electron chi connectivity index (χ3n) is 4.88. The Morgan fingerprint density at radius 2 is 1.70 bits per heavy atom. The molecule has 0 radical (unpaired) electrons. The molecule has 1 saturated heterocycles. The molecule has 0 bridgehead atoms. The lowest BCUT2D eigenvalue weighted by Crippen LogP contribution is -2.32. The lowest BCUT2D eigenvalue weighted by molar-refractivity contribution is -0.137. The minimum Gasteiger partial charge on any atom is -0.310 e. The second kappa shape index (κ2) is 7.43. The van der Waals surface area contributed by atoms with Gasteiger partial charge in [0, 0.05) is 24.8 Å². The fourth-order valence-electron chi connectivity index (χ4n) is 3.32. The van der Waals surface area contributed by atoms with E-state index in [9.17, 15) is 18.0 Å². The van der Waals surface area contributed by atoms with Gasteiger partial charge in [-0.25, -0.2) is 9.78 Å². The number of carbonyl (C=O) groups is 1. The number of anilines is 2. The van der Waals surface area contributed by atoms with Crippen LogP contribution in [0, 0.1) is 0 Å². The van der Waals surface area contributed by atoms with E-state index >= 15 is 0 Å². The normalized spacial score (nSPS) is 14.8. The number of hydrogen-bond acceptors (Lipinski definition) is 4. The van der Waals surface area contributed by atoms with Gasteiger partial charge in [0.05, 0.1) is 5.56 Å². The quantitative estimate of drug-likeness (QED) is 0.633. The van der Waals surface area contributed by atoms with Crippen LogP contribution >= 0.6 is 0 Å². The molecule has 1 fully saturated rings. The number of carbonyl (C=O) groups excluding carboxylic acids is 1. The highest BCUT2D eigenvalue weighted by atomic mass is 19.4. The Labute approximate surface area is 170 Å². The predicted octanol–water partition coefficient (Wildman–Crippen LogP) is 4.39. The summed E-state index contributed by atoms with van der Waals surface area (Å²) in [4.78, 5) is 20.4. The summed E-state index contributed by atoms with van der Waals surface area (Å²) in [6.07, 6.45) is -2.79. The molecule has 1 aliphatic rings. The van der Waals surface area contributed by atoms with Crippen LogP contribution in [-0.2, 0) is 6.18 Å². The second-order valence-corrected chi connectivity index (χ2v) is 7.17. The molecule has 0 N–H and O–H groups in total. The molecule has 1 aliphatic heterocycles. The van der Waals surface area contributed by atoms with Crippen molar-refractivity contribution in [3.8, 4) is 11.5 Å². The molecule has 0 unspecified atom stereocenters. The first-order chi connectivity index (χ1) is 14.3. The van der Waals surface area contributed by atoms with E-state index < -0.39 is 11.7 Å². The zero-order chi connectivity index (χ0) is 21.5. The van der Waals surface area contributed by atoms with E-state index in [1.54, 1.807) is 24.5 Å². The maximum absolute atomic E-state index is 12.9. The van der Waals surface area contributed by atoms with Crippen molar-refractivity contribution in [2.75, 3.05) is 22.9 Å². The first-order valence-electron chi connectivity index (χ1n) is 9.39. The number of amides is 2. The molecule has 0 spiro atoms. The van der Waals surface area contributed by atoms with Crippen molar-refractivity contribution in [3.05, 3.63) is 54.4 Å². The van der Waals surface area contributed by atoms with Crippen LogP contribution < -0.4 is 9.80 Å². The number of nitrogens with zero attached hydrogens (tertiary/aromatic N) is 6. The summed E-state index contributed by atoms with van der Waals surface area (Å²) in [6, 6.07) is 9.65. The summed E-state index contributed by atoms with van der Waals surface area (Å²) < 4.78 is 40.2. The molecule has 4 rings (SSSR count). The lowest BCUT2D eigenvalue weighted by atomic mass is 10.2. The van der Waals surface area contributed by atoms with Crippen molar-refractivity contribution in [2.45, 2.75) is 26.1 Å². The second-order valence-electron chi connectivity index (χ2n) is 7.17. The first-order valence-corrected chi connectivity index (χ1v) is 9.39. The van der Waals surface area contributed by atoms with E-state index in [-0.39, 0.29) is 12.1 Å². The molecule has 3 heterocycles. The fraction of sp³-hybridized carbons (Fsp3) is 0.300. The summed E-state index contributed by atoms with van der Waals surface area (Å²) in [5.74, 6) is 1.04. The zero-order valence-electron chi connectivity index (χ0n) is 16.3. The SMILES string of the molecule is CC(C)n1cnnc1-c1cccc(N2CCN(c3ccc(C(F)(F)F)cc3)C2=O)n1. The van der Waals surface area contributed by atoms with Crippen molar-refractivity contribution >= 4 is 17.5 Å². The monoisotopic (exact) mass is 416 g/mol. The Balaban J connectivity index is 1.58. The van der Waals surface area contributed by atoms with E-state index in [0.29, 0.717) is 36.1 Å². The van der Waals surface area contributed by atoms with E-state index in [0.717, 1.165) is 12.1 Å². The lowest BCUT2D eigenvalue weighted by Gasteiger charge is -2.19. The van der Waals surface area contributed by atoms with Crippen molar-refractivity contribution < 1.29 is 18.0 Å². The molecule has 156 valence electrons. The Kier molecular flexibility index (Phi) is 4.92. The number of pyridine rings is 1. The van der Waals surface area contributed by atoms with Gasteiger partial charge in [0.1, 0.15) is 17.8 Å². The van der Waals surface area contributed by atoms with Crippen LogP contribution in [0.15, 0.2) is 48.8 Å². The van der Waals surface area contributed by atoms with E-state index in [1.165, 1.54) is 21.9 Å². The number of rotatable bonds is 4. The fourth-order valence-corrected chi connectivity index (χ4v) is 3.32. The molecule has 10 heteroatoms. The highest BCUT2D eigenvalue weighted by Gasteiger charge is 2.33. The van der Waals surface area contributed by atoms with Gasteiger partial charge in [-0.3, -0.25) is 9.80 Å². The molecule has 0 atom stereocenters. The molecular formula is C20H19F3N6O. The van der Waals surface area contributed by atoms with Gasteiger partial charge in [-0.2, -0.15) is 13.2 Å². The highest BCUT2D eigenvalue weighted by Crippen LogP contribution is 2.32. The van der Waals surface area contributed by atoms with Gasteiger partial charge in [0.25, 0.3) is 0 Å². The average Bonchev–Trinajstić information content (AvgIpc) is 3.35. The van der Waals surface area contributed by atoms with Crippen LogP contribution in [-0.4, -0.2) is 38.9 Å². The first kappa shape index (κ1) is 19.9. The molecular weight excluding hydrogens is 397 g/mol. The largest absolute Gasteiger partial charge is 0.416 e. The number of urea groups is 1. The third-order valence-corrected chi connectivity index (χ3v) is 4.88. The van der Waals surface area contributed by atoms with Crippen molar-refractivity contribution in [1.29, 1.82) is 0 Å². The molecule has 1 aromatic carbocycles. The van der Waals surface area contributed by atoms with E-state index in [1.807, 2.05) is 18.4 Å². The zero-order valence-corrected chi connectivity index (χ0v) is 16.3. The maximum Gasteiger partial charge on any atom is 0.416 e. The molecule has 0 aliphatic carbocycles. The van der Waals surface area contributed by atoms with Crippen LogP contribution in [0.4, 0.5) is 29.5 Å². The average molecular weight is 416 g/mol. The van der Waals surface area contributed by atoms with Crippen LogP contribution in [0.3, 0.4) is 0 Å². The number of aromatic nitrogens is 4. The summed E-state index contributed by atoms with van der Waals surface area (Å²) in [5.41, 5.74) is 0.240. The van der Waals surface area contributed by atoms with Crippen LogP contribution in [0.1, 0.15) is 25.5 Å². The van der Waals surface area contributed by atoms with Gasteiger partial charge in [-0.05, 0) is 50.2 Å². The van der Waals surface area contributed by atoms with Gasteiger partial charge < -0.3 is 4.57 Å². The molecule has 3 aromatic rings. The Morgan fingerprint density at radius 1 is 1.00 bits per heavy atom. The van der Waals surface area contributed by atoms with Crippen LogP contribution in [0.25, 0.3) is 11.5 Å². The number of halogens is 3. The van der Waals surface area contributed by atoms with Gasteiger partial charge in [-0.1, -0.05) is 6.07 Å². The summed E-state index contributed by atoms with van der Waals surface area (Å²) in [5, 5.41) is 8.07. The Hall–Kier alpha value is -3.43. The Morgan fingerprint density at radius 3 is 2.37 bits per heavy atom. The molecule has 2 amide bonds. The summed E-state index contributed by atoms with van der Waals surface area (Å²) >= 11 is 0. The van der Waals surface area contributed by atoms with Crippen molar-refractivity contribution in [2.24, 2.45) is 0 Å². The van der Waals surface area contributed by atoms with Crippen LogP contribution in [0.2, 0.25) is 0 Å². The number of benzene rings is 1. The van der Waals surface area contributed by atoms with Crippen molar-refractivity contribution in [3.63, 3.8) is 0 Å². The standard InChI is InChI=1S/C20H19F3N6O/c1-13(2)29-12-24-26-18(29)16-4-3-5-17(25-16)28-11-10-27(19(28)30)15-8-6-14(7-9-15)20(21,22)23/h3-9,12-13H,10-11H2,1-2H3. The van der Waals surface area contributed by atoms with Gasteiger partial charge in [-0.15, -0.1) is 10.2 Å². The van der Waals surface area contributed by atoms with Gasteiger partial charge in [0.15, 0.2) is 5.82 Å². The summed E-state index contributed by atoms with van der Waals surface area (Å²) in [7, 11) is 0. The van der Waals surface area contributed by atoms with Gasteiger partial charge >= 0.3 is 12.2 Å². The molecule has 2 aromatic heterocycles. The number of hydrogen-bond donors (Lipinski definition) is 0. The van der Waals surface area contributed by atoms with E-state index in [2.05, 4.69) is 15.2 Å². The van der Waals surface area contributed by atoms with E-state index in [4.69, 9.17) is 0 Å². The van der Waals surface area contributed by atoms with Gasteiger partial charge in [0.2, 0.25) is 0 Å². The minimum atomic E-state index is -4.42. The van der Waals surface area contributed by atoms with Crippen LogP contribution in [0.5, 0.6) is 0 Å². The van der Waals surface area contributed by atoms with Crippen molar-refractivity contribution in [1.82, 2.24) is 19.7 Å². The topological polar surface area (TPSA) is 67.2 Å².